The molecule has 4 N–H and O–H groups in total. The molecule has 0 saturated carbocycles. The van der Waals surface area contributed by atoms with Gasteiger partial charge in [0.15, 0.2) is 12.4 Å². The molecule has 1 aliphatic rings. The first-order valence-electron chi connectivity index (χ1n) is 9.56. The SMILES string of the molecule is CC(O)c1cccc2nc3c(C(=O)O[C@@H]4[C@@H](O)[C@H](O)O[C@H](C)[C@H]4O)cccc3nc12. The monoisotopic (exact) mass is 414 g/mol. The number of para-hydroxylation sites is 2. The molecule has 2 aromatic carbocycles. The number of carbonyl (C=O) groups excluding carboxylic acids is 1. The van der Waals surface area contributed by atoms with Crippen molar-refractivity contribution < 1.29 is 34.7 Å². The zero-order valence-corrected chi connectivity index (χ0v) is 16.3. The van der Waals surface area contributed by atoms with Crippen LogP contribution < -0.4 is 0 Å². The van der Waals surface area contributed by atoms with Crippen LogP contribution in [0.15, 0.2) is 36.4 Å². The number of hydrogen-bond donors (Lipinski definition) is 4. The summed E-state index contributed by atoms with van der Waals surface area (Å²) in [5.74, 6) is -0.828. The maximum absolute atomic E-state index is 12.9. The first-order chi connectivity index (χ1) is 14.3. The summed E-state index contributed by atoms with van der Waals surface area (Å²) >= 11 is 0. The zero-order chi connectivity index (χ0) is 21.6. The van der Waals surface area contributed by atoms with Gasteiger partial charge in [-0.2, -0.15) is 0 Å². The first-order valence-corrected chi connectivity index (χ1v) is 9.56. The van der Waals surface area contributed by atoms with Gasteiger partial charge in [-0.3, -0.25) is 0 Å². The normalized spacial score (nSPS) is 27.9. The van der Waals surface area contributed by atoms with E-state index < -0.39 is 42.8 Å². The van der Waals surface area contributed by atoms with Gasteiger partial charge in [0.2, 0.25) is 0 Å². The van der Waals surface area contributed by atoms with Gasteiger partial charge in [-0.05, 0) is 32.0 Å². The molecule has 0 amide bonds. The van der Waals surface area contributed by atoms with Crippen LogP contribution in [0.4, 0.5) is 0 Å². The maximum Gasteiger partial charge on any atom is 0.340 e. The van der Waals surface area contributed by atoms with Gasteiger partial charge in [0.25, 0.3) is 0 Å². The Balaban J connectivity index is 1.74. The van der Waals surface area contributed by atoms with E-state index in [-0.39, 0.29) is 11.1 Å². The molecule has 1 unspecified atom stereocenters. The highest BCUT2D eigenvalue weighted by Crippen LogP contribution is 2.27. The molecule has 1 aliphatic heterocycles. The Hall–Kier alpha value is -2.69. The van der Waals surface area contributed by atoms with Crippen molar-refractivity contribution in [3.8, 4) is 0 Å². The number of rotatable bonds is 3. The van der Waals surface area contributed by atoms with Gasteiger partial charge in [0, 0.05) is 5.56 Å². The number of hydrogen-bond acceptors (Lipinski definition) is 9. The van der Waals surface area contributed by atoms with Crippen molar-refractivity contribution in [3.63, 3.8) is 0 Å². The van der Waals surface area contributed by atoms with Gasteiger partial charge in [-0.25, -0.2) is 14.8 Å². The standard InChI is InChI=1S/C21H22N2O7/c1-9(24)11-5-3-7-13-15(11)22-14-8-4-6-12(16(14)23-13)20(27)30-19-17(25)10(2)29-21(28)18(19)26/h3-10,17-19,21,24-26,28H,1-2H3/t9?,10-,17-,18-,19+,21-/m1/s1. The molecule has 6 atom stereocenters. The van der Waals surface area contributed by atoms with Crippen molar-refractivity contribution in [3.05, 3.63) is 47.5 Å². The minimum absolute atomic E-state index is 0.0948. The van der Waals surface area contributed by atoms with Crippen LogP contribution in [0.25, 0.3) is 22.1 Å². The number of ether oxygens (including phenoxy) is 2. The molecule has 0 radical (unpaired) electrons. The summed E-state index contributed by atoms with van der Waals surface area (Å²) < 4.78 is 10.3. The Kier molecular flexibility index (Phi) is 5.39. The lowest BCUT2D eigenvalue weighted by Crippen LogP contribution is -2.58. The average Bonchev–Trinajstić information content (AvgIpc) is 2.72. The topological polar surface area (TPSA) is 142 Å². The molecule has 9 heteroatoms. The van der Waals surface area contributed by atoms with Gasteiger partial charge >= 0.3 is 5.97 Å². The summed E-state index contributed by atoms with van der Waals surface area (Å²) in [6, 6.07) is 10.0. The van der Waals surface area contributed by atoms with E-state index in [9.17, 15) is 25.2 Å². The van der Waals surface area contributed by atoms with E-state index in [2.05, 4.69) is 9.97 Å². The Bertz CT molecular complexity index is 1090. The zero-order valence-electron chi connectivity index (χ0n) is 16.3. The predicted octanol–water partition coefficient (Wildman–Crippen LogP) is 0.821. The number of aromatic nitrogens is 2. The van der Waals surface area contributed by atoms with E-state index in [0.29, 0.717) is 22.1 Å². The van der Waals surface area contributed by atoms with Crippen LogP contribution in [0.1, 0.15) is 35.9 Å². The van der Waals surface area contributed by atoms with Gasteiger partial charge < -0.3 is 29.9 Å². The molecular weight excluding hydrogens is 392 g/mol. The molecule has 4 rings (SSSR count). The molecule has 9 nitrogen and oxygen atoms in total. The lowest BCUT2D eigenvalue weighted by atomic mass is 9.99. The van der Waals surface area contributed by atoms with Crippen molar-refractivity contribution in [2.75, 3.05) is 0 Å². The van der Waals surface area contributed by atoms with Crippen molar-refractivity contribution in [2.24, 2.45) is 0 Å². The van der Waals surface area contributed by atoms with Crippen molar-refractivity contribution in [2.45, 2.75) is 50.7 Å². The number of benzene rings is 2. The molecule has 1 aromatic heterocycles. The van der Waals surface area contributed by atoms with E-state index in [4.69, 9.17) is 9.47 Å². The largest absolute Gasteiger partial charge is 0.453 e. The highest BCUT2D eigenvalue weighted by molar-refractivity contribution is 6.03. The van der Waals surface area contributed by atoms with Gasteiger partial charge in [-0.15, -0.1) is 0 Å². The van der Waals surface area contributed by atoms with Crippen LogP contribution >= 0.6 is 0 Å². The molecule has 0 spiro atoms. The smallest absolute Gasteiger partial charge is 0.340 e. The number of aliphatic hydroxyl groups is 4. The number of aliphatic hydroxyl groups excluding tert-OH is 4. The Morgan fingerprint density at radius 3 is 2.37 bits per heavy atom. The molecule has 1 fully saturated rings. The fourth-order valence-electron chi connectivity index (χ4n) is 3.58. The number of nitrogens with zero attached hydrogens (tertiary/aromatic N) is 2. The van der Waals surface area contributed by atoms with Crippen LogP contribution in [0.2, 0.25) is 0 Å². The first kappa shape index (κ1) is 20.6. The van der Waals surface area contributed by atoms with E-state index in [1.807, 2.05) is 0 Å². The number of fused-ring (bicyclic) bond motifs is 2. The molecule has 30 heavy (non-hydrogen) atoms. The quantitative estimate of drug-likeness (QED) is 0.362. The van der Waals surface area contributed by atoms with E-state index in [1.165, 1.54) is 13.0 Å². The third kappa shape index (κ3) is 3.51. The summed E-state index contributed by atoms with van der Waals surface area (Å²) in [6.45, 7) is 3.13. The lowest BCUT2D eigenvalue weighted by Gasteiger charge is -2.38. The number of carbonyl (C=O) groups is 1. The Morgan fingerprint density at radius 1 is 1.03 bits per heavy atom. The summed E-state index contributed by atoms with van der Waals surface area (Å²) in [5, 5.41) is 40.1. The molecule has 3 aromatic rings. The maximum atomic E-state index is 12.9. The summed E-state index contributed by atoms with van der Waals surface area (Å²) in [7, 11) is 0. The second-order valence-corrected chi connectivity index (χ2v) is 7.37. The van der Waals surface area contributed by atoms with Crippen LogP contribution in [-0.4, -0.2) is 67.1 Å². The van der Waals surface area contributed by atoms with Gasteiger partial charge in [-0.1, -0.05) is 18.2 Å². The summed E-state index contributed by atoms with van der Waals surface area (Å²) in [6.07, 6.45) is -7.45. The molecule has 158 valence electrons. The van der Waals surface area contributed by atoms with Crippen LogP contribution in [0, 0.1) is 0 Å². The van der Waals surface area contributed by atoms with Crippen molar-refractivity contribution in [1.82, 2.24) is 9.97 Å². The third-order valence-corrected chi connectivity index (χ3v) is 5.24. The Morgan fingerprint density at radius 2 is 1.67 bits per heavy atom. The molecular formula is C21H22N2O7. The highest BCUT2D eigenvalue weighted by atomic mass is 16.6. The fraction of sp³-hybridized carbons (Fsp3) is 0.381. The van der Waals surface area contributed by atoms with Crippen molar-refractivity contribution >= 4 is 28.0 Å². The molecule has 0 bridgehead atoms. The van der Waals surface area contributed by atoms with Crippen LogP contribution in [-0.2, 0) is 9.47 Å². The van der Waals surface area contributed by atoms with E-state index in [1.54, 1.807) is 37.3 Å². The second kappa shape index (κ2) is 7.86. The Labute approximate surface area is 171 Å². The predicted molar refractivity (Wildman–Crippen MR) is 105 cm³/mol. The van der Waals surface area contributed by atoms with Crippen LogP contribution in [0.3, 0.4) is 0 Å². The summed E-state index contributed by atoms with van der Waals surface area (Å²) in [4.78, 5) is 22.0. The molecule has 2 heterocycles. The van der Waals surface area contributed by atoms with Crippen LogP contribution in [0.5, 0.6) is 0 Å². The van der Waals surface area contributed by atoms with Crippen molar-refractivity contribution in [1.29, 1.82) is 0 Å². The summed E-state index contributed by atoms with van der Waals surface area (Å²) in [5.41, 5.74) is 2.44. The van der Waals surface area contributed by atoms with Gasteiger partial charge in [0.1, 0.15) is 17.7 Å². The van der Waals surface area contributed by atoms with E-state index in [0.717, 1.165) is 0 Å². The van der Waals surface area contributed by atoms with E-state index >= 15 is 0 Å². The highest BCUT2D eigenvalue weighted by Gasteiger charge is 2.44. The minimum Gasteiger partial charge on any atom is -0.453 e. The second-order valence-electron chi connectivity index (χ2n) is 7.37. The number of esters is 1. The van der Waals surface area contributed by atoms with Gasteiger partial charge in [0.05, 0.1) is 34.3 Å². The fourth-order valence-corrected chi connectivity index (χ4v) is 3.58. The lowest BCUT2D eigenvalue weighted by molar-refractivity contribution is -0.276. The molecule has 1 saturated heterocycles. The molecule has 0 aliphatic carbocycles. The minimum atomic E-state index is -1.60. The third-order valence-electron chi connectivity index (χ3n) is 5.24. The average molecular weight is 414 g/mol.